The number of carbonyl (C=O) groups is 2. The first-order valence-electron chi connectivity index (χ1n) is 9.38. The van der Waals surface area contributed by atoms with E-state index in [2.05, 4.69) is 5.32 Å². The minimum Gasteiger partial charge on any atom is -0.353 e. The standard InChI is InChI=1S/C18H31N3O2/c1-12(20-18(23)13-5-3-2-4-6-13)9-17(22)21-10-14-7-8-16(19)15(14)11-21/h12-16H,2-11,19H2,1H3,(H,20,23). The lowest BCUT2D eigenvalue weighted by Gasteiger charge is -2.24. The van der Waals surface area contributed by atoms with Crippen LogP contribution in [0.15, 0.2) is 0 Å². The van der Waals surface area contributed by atoms with Gasteiger partial charge in [0.15, 0.2) is 0 Å². The molecule has 4 unspecified atom stereocenters. The molecule has 0 spiro atoms. The topological polar surface area (TPSA) is 75.4 Å². The number of rotatable bonds is 4. The van der Waals surface area contributed by atoms with Crippen LogP contribution in [0.1, 0.15) is 58.3 Å². The zero-order valence-corrected chi connectivity index (χ0v) is 14.3. The maximum Gasteiger partial charge on any atom is 0.224 e. The number of hydrogen-bond donors (Lipinski definition) is 2. The molecule has 130 valence electrons. The molecule has 0 aromatic carbocycles. The summed E-state index contributed by atoms with van der Waals surface area (Å²) >= 11 is 0. The zero-order chi connectivity index (χ0) is 16.4. The first-order chi connectivity index (χ1) is 11.0. The Morgan fingerprint density at radius 1 is 1.13 bits per heavy atom. The molecule has 2 amide bonds. The van der Waals surface area contributed by atoms with Gasteiger partial charge in [0.05, 0.1) is 0 Å². The van der Waals surface area contributed by atoms with E-state index in [0.717, 1.165) is 51.6 Å². The van der Waals surface area contributed by atoms with E-state index in [9.17, 15) is 9.59 Å². The third-order valence-corrected chi connectivity index (χ3v) is 6.11. The van der Waals surface area contributed by atoms with Crippen molar-refractivity contribution in [1.82, 2.24) is 10.2 Å². The van der Waals surface area contributed by atoms with Crippen molar-refractivity contribution in [3.8, 4) is 0 Å². The number of fused-ring (bicyclic) bond motifs is 1. The van der Waals surface area contributed by atoms with Gasteiger partial charge >= 0.3 is 0 Å². The van der Waals surface area contributed by atoms with Crippen LogP contribution in [-0.4, -0.2) is 41.9 Å². The molecular formula is C18H31N3O2. The van der Waals surface area contributed by atoms with Crippen molar-refractivity contribution in [2.24, 2.45) is 23.5 Å². The maximum atomic E-state index is 12.5. The summed E-state index contributed by atoms with van der Waals surface area (Å²) in [6, 6.07) is 0.187. The summed E-state index contributed by atoms with van der Waals surface area (Å²) in [5.41, 5.74) is 6.14. The number of likely N-dealkylation sites (tertiary alicyclic amines) is 1. The molecule has 3 N–H and O–H groups in total. The van der Waals surface area contributed by atoms with Crippen LogP contribution in [0, 0.1) is 17.8 Å². The minimum absolute atomic E-state index is 0.0777. The summed E-state index contributed by atoms with van der Waals surface area (Å²) in [5.74, 6) is 1.56. The smallest absolute Gasteiger partial charge is 0.224 e. The molecule has 5 heteroatoms. The summed E-state index contributed by atoms with van der Waals surface area (Å²) in [6.07, 6.45) is 8.23. The highest BCUT2D eigenvalue weighted by molar-refractivity contribution is 5.81. The average Bonchev–Trinajstić information content (AvgIpc) is 3.10. The van der Waals surface area contributed by atoms with E-state index in [1.54, 1.807) is 0 Å². The Bertz CT molecular complexity index is 448. The molecule has 3 rings (SSSR count). The number of nitrogens with zero attached hydrogens (tertiary/aromatic N) is 1. The van der Waals surface area contributed by atoms with Gasteiger partial charge in [-0.3, -0.25) is 9.59 Å². The number of amides is 2. The Labute approximate surface area is 139 Å². The lowest BCUT2D eigenvalue weighted by molar-refractivity contribution is -0.131. The molecule has 0 aromatic heterocycles. The van der Waals surface area contributed by atoms with Gasteiger partial charge in [-0.05, 0) is 44.4 Å². The fourth-order valence-electron chi connectivity index (χ4n) is 4.68. The molecule has 1 heterocycles. The molecule has 23 heavy (non-hydrogen) atoms. The van der Waals surface area contributed by atoms with Crippen molar-refractivity contribution in [3.05, 3.63) is 0 Å². The molecule has 2 aliphatic carbocycles. The van der Waals surface area contributed by atoms with Gasteiger partial charge < -0.3 is 16.0 Å². The quantitative estimate of drug-likeness (QED) is 0.827. The van der Waals surface area contributed by atoms with Crippen molar-refractivity contribution in [3.63, 3.8) is 0 Å². The molecule has 3 aliphatic rings. The highest BCUT2D eigenvalue weighted by Gasteiger charge is 2.42. The van der Waals surface area contributed by atoms with Crippen LogP contribution in [0.25, 0.3) is 0 Å². The number of carbonyl (C=O) groups excluding carboxylic acids is 2. The SMILES string of the molecule is CC(CC(=O)N1CC2CCC(N)C2C1)NC(=O)C1CCCCC1. The maximum absolute atomic E-state index is 12.5. The lowest BCUT2D eigenvalue weighted by Crippen LogP contribution is -2.42. The van der Waals surface area contributed by atoms with Crippen LogP contribution in [0.5, 0.6) is 0 Å². The van der Waals surface area contributed by atoms with E-state index >= 15 is 0 Å². The van der Waals surface area contributed by atoms with Crippen molar-refractivity contribution >= 4 is 11.8 Å². The highest BCUT2D eigenvalue weighted by atomic mass is 16.2. The molecule has 0 aromatic rings. The van der Waals surface area contributed by atoms with Gasteiger partial charge in [0.25, 0.3) is 0 Å². The molecule has 1 aliphatic heterocycles. The number of hydrogen-bond acceptors (Lipinski definition) is 3. The van der Waals surface area contributed by atoms with Crippen molar-refractivity contribution in [2.75, 3.05) is 13.1 Å². The molecular weight excluding hydrogens is 290 g/mol. The molecule has 5 nitrogen and oxygen atoms in total. The summed E-state index contributed by atoms with van der Waals surface area (Å²) in [4.78, 5) is 26.7. The Morgan fingerprint density at radius 2 is 1.87 bits per heavy atom. The average molecular weight is 321 g/mol. The zero-order valence-electron chi connectivity index (χ0n) is 14.3. The Kier molecular flexibility index (Phi) is 5.24. The Morgan fingerprint density at radius 3 is 2.57 bits per heavy atom. The Balaban J connectivity index is 1.43. The molecule has 2 saturated carbocycles. The molecule has 4 atom stereocenters. The second-order valence-electron chi connectivity index (χ2n) is 7.91. The van der Waals surface area contributed by atoms with Crippen LogP contribution in [0.4, 0.5) is 0 Å². The lowest BCUT2D eigenvalue weighted by atomic mass is 9.88. The molecule has 3 fully saturated rings. The summed E-state index contributed by atoms with van der Waals surface area (Å²) in [5, 5.41) is 3.05. The highest BCUT2D eigenvalue weighted by Crippen LogP contribution is 2.37. The van der Waals surface area contributed by atoms with E-state index < -0.39 is 0 Å². The van der Waals surface area contributed by atoms with Gasteiger partial charge in [0.1, 0.15) is 0 Å². The third kappa shape index (κ3) is 3.87. The normalized spacial score (nSPS) is 32.6. The van der Waals surface area contributed by atoms with E-state index in [1.807, 2.05) is 11.8 Å². The summed E-state index contributed by atoms with van der Waals surface area (Å²) in [7, 11) is 0. The monoisotopic (exact) mass is 321 g/mol. The number of nitrogens with two attached hydrogens (primary N) is 1. The van der Waals surface area contributed by atoms with Crippen LogP contribution in [0.2, 0.25) is 0 Å². The van der Waals surface area contributed by atoms with Crippen molar-refractivity contribution in [1.29, 1.82) is 0 Å². The van der Waals surface area contributed by atoms with E-state index in [1.165, 1.54) is 6.42 Å². The van der Waals surface area contributed by atoms with E-state index in [4.69, 9.17) is 5.73 Å². The largest absolute Gasteiger partial charge is 0.353 e. The third-order valence-electron chi connectivity index (χ3n) is 6.11. The van der Waals surface area contributed by atoms with Gasteiger partial charge in [-0.2, -0.15) is 0 Å². The van der Waals surface area contributed by atoms with Gasteiger partial charge in [0, 0.05) is 37.5 Å². The van der Waals surface area contributed by atoms with Gasteiger partial charge in [-0.15, -0.1) is 0 Å². The van der Waals surface area contributed by atoms with Gasteiger partial charge in [-0.1, -0.05) is 19.3 Å². The fourth-order valence-corrected chi connectivity index (χ4v) is 4.68. The molecule has 0 bridgehead atoms. The van der Waals surface area contributed by atoms with Gasteiger partial charge in [0.2, 0.25) is 11.8 Å². The predicted molar refractivity (Wildman–Crippen MR) is 89.6 cm³/mol. The van der Waals surface area contributed by atoms with E-state index in [-0.39, 0.29) is 29.8 Å². The van der Waals surface area contributed by atoms with Gasteiger partial charge in [-0.25, -0.2) is 0 Å². The first kappa shape index (κ1) is 16.7. The van der Waals surface area contributed by atoms with E-state index in [0.29, 0.717) is 18.3 Å². The second-order valence-corrected chi connectivity index (χ2v) is 7.91. The fraction of sp³-hybridized carbons (Fsp3) is 0.889. The molecule has 0 radical (unpaired) electrons. The van der Waals surface area contributed by atoms with Crippen LogP contribution in [-0.2, 0) is 9.59 Å². The minimum atomic E-state index is -0.0777. The molecule has 1 saturated heterocycles. The predicted octanol–water partition coefficient (Wildman–Crippen LogP) is 1.66. The van der Waals surface area contributed by atoms with Crippen LogP contribution in [0.3, 0.4) is 0 Å². The van der Waals surface area contributed by atoms with Crippen molar-refractivity contribution in [2.45, 2.75) is 70.4 Å². The van der Waals surface area contributed by atoms with Crippen LogP contribution >= 0.6 is 0 Å². The van der Waals surface area contributed by atoms with Crippen LogP contribution < -0.4 is 11.1 Å². The number of nitrogens with one attached hydrogen (secondary N) is 1. The summed E-state index contributed by atoms with van der Waals surface area (Å²) in [6.45, 7) is 3.62. The van der Waals surface area contributed by atoms with Crippen molar-refractivity contribution < 1.29 is 9.59 Å². The first-order valence-corrected chi connectivity index (χ1v) is 9.38. The Hall–Kier alpha value is -1.10. The summed E-state index contributed by atoms with van der Waals surface area (Å²) < 4.78 is 0. The second kappa shape index (κ2) is 7.20.